The molecule has 2 aromatic rings. The SMILES string of the molecule is CC(C)Oc1cncc(C(N)c2ncc(Cl)cc2Cl)c1. The third kappa shape index (κ3) is 3.60. The molecule has 0 aliphatic carbocycles. The third-order valence-corrected chi connectivity index (χ3v) is 3.11. The Labute approximate surface area is 127 Å². The second kappa shape index (κ2) is 6.39. The zero-order valence-electron chi connectivity index (χ0n) is 11.2. The quantitative estimate of drug-likeness (QED) is 0.936. The van der Waals surface area contributed by atoms with Crippen molar-refractivity contribution in [2.75, 3.05) is 0 Å². The van der Waals surface area contributed by atoms with Gasteiger partial charge >= 0.3 is 0 Å². The van der Waals surface area contributed by atoms with Crippen LogP contribution in [0.2, 0.25) is 10.0 Å². The lowest BCUT2D eigenvalue weighted by molar-refractivity contribution is 0.241. The molecular weight excluding hydrogens is 297 g/mol. The molecule has 1 unspecified atom stereocenters. The van der Waals surface area contributed by atoms with E-state index in [1.165, 1.54) is 6.20 Å². The van der Waals surface area contributed by atoms with Crippen molar-refractivity contribution >= 4 is 23.2 Å². The molecule has 0 aromatic carbocycles. The molecule has 0 radical (unpaired) electrons. The molecule has 0 bridgehead atoms. The molecule has 106 valence electrons. The first-order valence-corrected chi connectivity index (χ1v) is 6.91. The first kappa shape index (κ1) is 15.0. The molecule has 1 atom stereocenters. The molecule has 2 rings (SSSR count). The van der Waals surface area contributed by atoms with Crippen LogP contribution in [0, 0.1) is 0 Å². The van der Waals surface area contributed by atoms with E-state index in [0.717, 1.165) is 5.56 Å². The lowest BCUT2D eigenvalue weighted by Crippen LogP contribution is -2.15. The van der Waals surface area contributed by atoms with Crippen LogP contribution >= 0.6 is 23.2 Å². The second-order valence-corrected chi connectivity index (χ2v) is 5.46. The number of hydrogen-bond acceptors (Lipinski definition) is 4. The van der Waals surface area contributed by atoms with Crippen LogP contribution in [-0.4, -0.2) is 16.1 Å². The van der Waals surface area contributed by atoms with E-state index >= 15 is 0 Å². The second-order valence-electron chi connectivity index (χ2n) is 4.62. The summed E-state index contributed by atoms with van der Waals surface area (Å²) in [6.45, 7) is 3.90. The highest BCUT2D eigenvalue weighted by Gasteiger charge is 2.16. The van der Waals surface area contributed by atoms with E-state index in [1.807, 2.05) is 19.9 Å². The zero-order chi connectivity index (χ0) is 14.7. The van der Waals surface area contributed by atoms with Crippen molar-refractivity contribution in [3.8, 4) is 5.75 Å². The van der Waals surface area contributed by atoms with Crippen LogP contribution in [0.1, 0.15) is 31.1 Å². The number of aromatic nitrogens is 2. The molecular formula is C14H15Cl2N3O. The van der Waals surface area contributed by atoms with Crippen molar-refractivity contribution in [3.63, 3.8) is 0 Å². The summed E-state index contributed by atoms with van der Waals surface area (Å²) in [6.07, 6.45) is 4.91. The van der Waals surface area contributed by atoms with Crippen LogP contribution in [0.3, 0.4) is 0 Å². The van der Waals surface area contributed by atoms with Crippen LogP contribution in [0.15, 0.2) is 30.7 Å². The summed E-state index contributed by atoms with van der Waals surface area (Å²) < 4.78 is 5.60. The van der Waals surface area contributed by atoms with Gasteiger partial charge in [0.2, 0.25) is 0 Å². The van der Waals surface area contributed by atoms with Crippen LogP contribution in [0.25, 0.3) is 0 Å². The van der Waals surface area contributed by atoms with Crippen LogP contribution < -0.4 is 10.5 Å². The van der Waals surface area contributed by atoms with Crippen molar-refractivity contribution in [3.05, 3.63) is 52.0 Å². The largest absolute Gasteiger partial charge is 0.489 e. The molecule has 20 heavy (non-hydrogen) atoms. The Bertz CT molecular complexity index is 605. The number of hydrogen-bond donors (Lipinski definition) is 1. The minimum atomic E-state index is -0.483. The molecule has 0 fully saturated rings. The van der Waals surface area contributed by atoms with E-state index < -0.39 is 6.04 Å². The van der Waals surface area contributed by atoms with Crippen molar-refractivity contribution in [2.24, 2.45) is 5.73 Å². The number of nitrogens with two attached hydrogens (primary N) is 1. The van der Waals surface area contributed by atoms with Crippen molar-refractivity contribution in [2.45, 2.75) is 26.0 Å². The predicted octanol–water partition coefficient (Wildman–Crippen LogP) is 3.62. The van der Waals surface area contributed by atoms with Crippen LogP contribution in [-0.2, 0) is 0 Å². The smallest absolute Gasteiger partial charge is 0.138 e. The van der Waals surface area contributed by atoms with E-state index in [0.29, 0.717) is 21.5 Å². The monoisotopic (exact) mass is 311 g/mol. The molecule has 2 N–H and O–H groups in total. The predicted molar refractivity (Wildman–Crippen MR) is 80.3 cm³/mol. The molecule has 0 spiro atoms. The van der Waals surface area contributed by atoms with Gasteiger partial charge in [-0.3, -0.25) is 9.97 Å². The fourth-order valence-electron chi connectivity index (χ4n) is 1.75. The summed E-state index contributed by atoms with van der Waals surface area (Å²) in [4.78, 5) is 8.32. The van der Waals surface area contributed by atoms with E-state index in [2.05, 4.69) is 9.97 Å². The van der Waals surface area contributed by atoms with Gasteiger partial charge in [0.1, 0.15) is 5.75 Å². The Morgan fingerprint density at radius 1 is 1.15 bits per heavy atom. The van der Waals surface area contributed by atoms with Crippen molar-refractivity contribution in [1.82, 2.24) is 9.97 Å². The molecule has 6 heteroatoms. The summed E-state index contributed by atoms with van der Waals surface area (Å²) >= 11 is 11.9. The summed E-state index contributed by atoms with van der Waals surface area (Å²) in [7, 11) is 0. The standard InChI is InChI=1S/C14H15Cl2N3O/c1-8(2)20-11-3-9(5-18-7-11)13(17)14-12(16)4-10(15)6-19-14/h3-8,13H,17H2,1-2H3. The number of rotatable bonds is 4. The van der Waals surface area contributed by atoms with Crippen molar-refractivity contribution in [1.29, 1.82) is 0 Å². The molecule has 0 aliphatic heterocycles. The molecule has 0 saturated heterocycles. The van der Waals surface area contributed by atoms with Crippen LogP contribution in [0.4, 0.5) is 0 Å². The fourth-order valence-corrected chi connectivity index (χ4v) is 2.25. The van der Waals surface area contributed by atoms with E-state index in [-0.39, 0.29) is 6.10 Å². The average molecular weight is 312 g/mol. The number of halogens is 2. The Hall–Kier alpha value is -1.36. The van der Waals surface area contributed by atoms with Gasteiger partial charge in [-0.25, -0.2) is 0 Å². The summed E-state index contributed by atoms with van der Waals surface area (Å²) in [5.74, 6) is 0.665. The summed E-state index contributed by atoms with van der Waals surface area (Å²) in [5, 5.41) is 0.904. The lowest BCUT2D eigenvalue weighted by atomic mass is 10.1. The normalized spacial score (nSPS) is 12.5. The topological polar surface area (TPSA) is 61.0 Å². The molecule has 2 aromatic heterocycles. The minimum Gasteiger partial charge on any atom is -0.489 e. The van der Waals surface area contributed by atoms with Gasteiger partial charge in [-0.05, 0) is 31.5 Å². The zero-order valence-corrected chi connectivity index (χ0v) is 12.7. The Morgan fingerprint density at radius 3 is 2.55 bits per heavy atom. The first-order valence-electron chi connectivity index (χ1n) is 6.15. The summed E-state index contributed by atoms with van der Waals surface area (Å²) in [5.41, 5.74) is 7.51. The number of nitrogens with zero attached hydrogens (tertiary/aromatic N) is 2. The molecule has 2 heterocycles. The summed E-state index contributed by atoms with van der Waals surface area (Å²) in [6, 6.07) is 2.97. The van der Waals surface area contributed by atoms with Crippen molar-refractivity contribution < 1.29 is 4.74 Å². The van der Waals surface area contributed by atoms with Gasteiger partial charge in [0, 0.05) is 12.4 Å². The van der Waals surface area contributed by atoms with Gasteiger partial charge in [0.25, 0.3) is 0 Å². The highest BCUT2D eigenvalue weighted by atomic mass is 35.5. The highest BCUT2D eigenvalue weighted by Crippen LogP contribution is 2.28. The molecule has 0 saturated carbocycles. The van der Waals surface area contributed by atoms with Gasteiger partial charge in [-0.1, -0.05) is 23.2 Å². The number of pyridine rings is 2. The molecule has 0 aliphatic rings. The van der Waals surface area contributed by atoms with Gasteiger partial charge < -0.3 is 10.5 Å². The van der Waals surface area contributed by atoms with Gasteiger partial charge in [-0.15, -0.1) is 0 Å². The van der Waals surface area contributed by atoms with E-state index in [9.17, 15) is 0 Å². The highest BCUT2D eigenvalue weighted by molar-refractivity contribution is 6.34. The van der Waals surface area contributed by atoms with Gasteiger partial charge in [0.05, 0.1) is 34.1 Å². The maximum atomic E-state index is 6.18. The van der Waals surface area contributed by atoms with Gasteiger partial charge in [0.15, 0.2) is 0 Å². The first-order chi connectivity index (χ1) is 9.47. The lowest BCUT2D eigenvalue weighted by Gasteiger charge is -2.15. The Balaban J connectivity index is 2.30. The van der Waals surface area contributed by atoms with E-state index in [1.54, 1.807) is 18.5 Å². The fraction of sp³-hybridized carbons (Fsp3) is 0.286. The molecule has 0 amide bonds. The average Bonchev–Trinajstić information content (AvgIpc) is 2.37. The van der Waals surface area contributed by atoms with Crippen LogP contribution in [0.5, 0.6) is 5.75 Å². The van der Waals surface area contributed by atoms with E-state index in [4.69, 9.17) is 33.7 Å². The maximum absolute atomic E-state index is 6.18. The molecule has 4 nitrogen and oxygen atoms in total. The maximum Gasteiger partial charge on any atom is 0.138 e. The Kier molecular flexibility index (Phi) is 4.81. The minimum absolute atomic E-state index is 0.0699. The Morgan fingerprint density at radius 2 is 1.90 bits per heavy atom. The third-order valence-electron chi connectivity index (χ3n) is 2.60. The van der Waals surface area contributed by atoms with Gasteiger partial charge in [-0.2, -0.15) is 0 Å². The number of ether oxygens (including phenoxy) is 1.